The van der Waals surface area contributed by atoms with E-state index in [4.69, 9.17) is 11.5 Å². The molecule has 0 bridgehead atoms. The molecule has 11 heteroatoms. The Morgan fingerprint density at radius 2 is 1.83 bits per heavy atom. The zero-order valence-electron chi connectivity index (χ0n) is 15.4. The van der Waals surface area contributed by atoms with Crippen molar-refractivity contribution in [1.82, 2.24) is 24.3 Å². The minimum absolute atomic E-state index is 0.0604. The van der Waals surface area contributed by atoms with E-state index in [2.05, 4.69) is 25.3 Å². The van der Waals surface area contributed by atoms with E-state index in [1.165, 1.54) is 22.9 Å². The second kappa shape index (κ2) is 7.54. The number of fused-ring (bicyclic) bond motifs is 1. The smallest absolute Gasteiger partial charge is 0.286 e. The van der Waals surface area contributed by atoms with Crippen molar-refractivity contribution in [2.45, 2.75) is 6.54 Å². The number of anilines is 1. The van der Waals surface area contributed by atoms with Crippen molar-refractivity contribution in [2.24, 2.45) is 11.5 Å². The molecule has 4 aromatic rings. The van der Waals surface area contributed by atoms with Gasteiger partial charge in [-0.15, -0.1) is 0 Å². The van der Waals surface area contributed by atoms with E-state index in [0.717, 1.165) is 0 Å². The van der Waals surface area contributed by atoms with Crippen molar-refractivity contribution >= 4 is 23.3 Å². The lowest BCUT2D eigenvalue weighted by atomic mass is 10.2. The van der Waals surface area contributed by atoms with Crippen LogP contribution in [0.25, 0.3) is 17.0 Å². The van der Waals surface area contributed by atoms with Crippen LogP contribution in [-0.2, 0) is 6.54 Å². The van der Waals surface area contributed by atoms with Gasteiger partial charge in [0.15, 0.2) is 5.82 Å². The molecule has 0 unspecified atom stereocenters. The molecular formula is C19H15FN8O2. The van der Waals surface area contributed by atoms with Crippen LogP contribution in [0.15, 0.2) is 48.8 Å². The van der Waals surface area contributed by atoms with Crippen molar-refractivity contribution in [2.75, 3.05) is 5.32 Å². The van der Waals surface area contributed by atoms with E-state index in [1.807, 2.05) is 0 Å². The van der Waals surface area contributed by atoms with Crippen LogP contribution in [0.3, 0.4) is 0 Å². The molecule has 3 aromatic heterocycles. The van der Waals surface area contributed by atoms with Gasteiger partial charge in [-0.2, -0.15) is 9.97 Å². The van der Waals surface area contributed by atoms with E-state index >= 15 is 0 Å². The third-order valence-electron chi connectivity index (χ3n) is 4.23. The average Bonchev–Trinajstić information content (AvgIpc) is 3.16. The second-order valence-electron chi connectivity index (χ2n) is 6.28. The Bertz CT molecular complexity index is 1290. The fourth-order valence-corrected chi connectivity index (χ4v) is 2.89. The number of amides is 2. The topological polar surface area (TPSA) is 154 Å². The molecule has 3 heterocycles. The Kier molecular flexibility index (Phi) is 4.76. The normalized spacial score (nSPS) is 10.8. The van der Waals surface area contributed by atoms with Crippen LogP contribution in [0.5, 0.6) is 0 Å². The van der Waals surface area contributed by atoms with Crippen LogP contribution in [0, 0.1) is 5.82 Å². The molecule has 4 rings (SSSR count). The largest absolute Gasteiger partial charge is 0.364 e. The summed E-state index contributed by atoms with van der Waals surface area (Å²) in [6.07, 6.45) is 1.40. The number of halogens is 1. The van der Waals surface area contributed by atoms with Gasteiger partial charge in [-0.1, -0.05) is 18.2 Å². The summed E-state index contributed by atoms with van der Waals surface area (Å²) < 4.78 is 14.9. The molecule has 0 fully saturated rings. The van der Waals surface area contributed by atoms with Gasteiger partial charge in [0.2, 0.25) is 11.8 Å². The zero-order chi connectivity index (χ0) is 21.3. The molecular weight excluding hydrogens is 391 g/mol. The molecule has 2 amide bonds. The molecule has 0 aliphatic carbocycles. The number of carbonyl (C=O) groups is 2. The molecule has 0 aliphatic rings. The zero-order valence-corrected chi connectivity index (χ0v) is 15.4. The standard InChI is InChI=1S/C19H15FN8O2/c20-11-4-1-3-10(7-11)8-23-19-26-17(25-18(27-19)16(22)30)14-12-5-2-6-13(15(21)29)28(12)9-24-14/h1-7,9H,8H2,(H2,21,29)(H2,22,30)(H,23,25,26,27). The summed E-state index contributed by atoms with van der Waals surface area (Å²) >= 11 is 0. The van der Waals surface area contributed by atoms with Gasteiger partial charge in [-0.05, 0) is 29.8 Å². The number of nitrogens with two attached hydrogens (primary N) is 2. The molecule has 5 N–H and O–H groups in total. The number of nitrogens with zero attached hydrogens (tertiary/aromatic N) is 5. The predicted octanol–water partition coefficient (Wildman–Crippen LogP) is 1.14. The number of primary amides is 2. The third kappa shape index (κ3) is 3.63. The molecule has 150 valence electrons. The van der Waals surface area contributed by atoms with Gasteiger partial charge in [0.25, 0.3) is 11.8 Å². The summed E-state index contributed by atoms with van der Waals surface area (Å²) in [4.78, 5) is 40.0. The van der Waals surface area contributed by atoms with Crippen molar-refractivity contribution in [1.29, 1.82) is 0 Å². The van der Waals surface area contributed by atoms with Crippen molar-refractivity contribution in [3.63, 3.8) is 0 Å². The molecule has 0 spiro atoms. The number of benzene rings is 1. The summed E-state index contributed by atoms with van der Waals surface area (Å²) in [6, 6.07) is 10.9. The number of rotatable bonds is 6. The predicted molar refractivity (Wildman–Crippen MR) is 105 cm³/mol. The lowest BCUT2D eigenvalue weighted by molar-refractivity contribution is 0.0984. The highest BCUT2D eigenvalue weighted by Crippen LogP contribution is 2.22. The third-order valence-corrected chi connectivity index (χ3v) is 4.23. The van der Waals surface area contributed by atoms with Crippen molar-refractivity contribution in [3.8, 4) is 11.5 Å². The summed E-state index contributed by atoms with van der Waals surface area (Å²) in [7, 11) is 0. The van der Waals surface area contributed by atoms with Gasteiger partial charge in [-0.3, -0.25) is 14.0 Å². The molecule has 0 radical (unpaired) electrons. The van der Waals surface area contributed by atoms with Gasteiger partial charge in [0, 0.05) is 6.54 Å². The average molecular weight is 406 g/mol. The van der Waals surface area contributed by atoms with Gasteiger partial charge >= 0.3 is 0 Å². The number of imidazole rings is 1. The summed E-state index contributed by atoms with van der Waals surface area (Å²) in [6.45, 7) is 0.204. The first kappa shape index (κ1) is 18.9. The summed E-state index contributed by atoms with van der Waals surface area (Å²) in [5, 5.41) is 2.92. The first-order valence-corrected chi connectivity index (χ1v) is 8.73. The van der Waals surface area contributed by atoms with Crippen molar-refractivity contribution < 1.29 is 14.0 Å². The van der Waals surface area contributed by atoms with Crippen molar-refractivity contribution in [3.05, 3.63) is 71.7 Å². The van der Waals surface area contributed by atoms with Crippen LogP contribution < -0.4 is 16.8 Å². The molecule has 0 atom stereocenters. The highest BCUT2D eigenvalue weighted by Gasteiger charge is 2.18. The van der Waals surface area contributed by atoms with Gasteiger partial charge in [-0.25, -0.2) is 14.4 Å². The monoisotopic (exact) mass is 406 g/mol. The second-order valence-corrected chi connectivity index (χ2v) is 6.28. The Hall–Kier alpha value is -4.41. The number of aromatic nitrogens is 5. The summed E-state index contributed by atoms with van der Waals surface area (Å²) in [5.74, 6) is -1.99. The number of pyridine rings is 1. The first-order valence-electron chi connectivity index (χ1n) is 8.73. The van der Waals surface area contributed by atoms with E-state index in [0.29, 0.717) is 16.8 Å². The molecule has 0 aliphatic heterocycles. The van der Waals surface area contributed by atoms with Crippen LogP contribution in [0.1, 0.15) is 26.7 Å². The maximum absolute atomic E-state index is 13.4. The van der Waals surface area contributed by atoms with Gasteiger partial charge < -0.3 is 16.8 Å². The van der Waals surface area contributed by atoms with Gasteiger partial charge in [0.1, 0.15) is 23.5 Å². The summed E-state index contributed by atoms with van der Waals surface area (Å²) in [5.41, 5.74) is 12.4. The molecule has 10 nitrogen and oxygen atoms in total. The van der Waals surface area contributed by atoms with Crippen LogP contribution in [0.2, 0.25) is 0 Å². The molecule has 0 saturated carbocycles. The van der Waals surface area contributed by atoms with E-state index in [1.54, 1.807) is 30.3 Å². The molecule has 0 saturated heterocycles. The Morgan fingerprint density at radius 1 is 1.03 bits per heavy atom. The number of nitrogens with one attached hydrogen (secondary N) is 1. The van der Waals surface area contributed by atoms with Crippen LogP contribution >= 0.6 is 0 Å². The van der Waals surface area contributed by atoms with E-state index in [9.17, 15) is 14.0 Å². The number of hydrogen-bond donors (Lipinski definition) is 3. The van der Waals surface area contributed by atoms with Crippen LogP contribution in [-0.4, -0.2) is 36.2 Å². The van der Waals surface area contributed by atoms with E-state index < -0.39 is 11.8 Å². The quantitative estimate of drug-likeness (QED) is 0.434. The fourth-order valence-electron chi connectivity index (χ4n) is 2.89. The Labute approximate surface area is 168 Å². The Balaban J connectivity index is 1.75. The van der Waals surface area contributed by atoms with Gasteiger partial charge in [0.05, 0.1) is 5.52 Å². The number of carbonyl (C=O) groups excluding carboxylic acids is 2. The highest BCUT2D eigenvalue weighted by molar-refractivity contribution is 5.93. The van der Waals surface area contributed by atoms with Crippen LogP contribution in [0.4, 0.5) is 10.3 Å². The number of hydrogen-bond acceptors (Lipinski definition) is 7. The first-order chi connectivity index (χ1) is 14.4. The highest BCUT2D eigenvalue weighted by atomic mass is 19.1. The molecule has 1 aromatic carbocycles. The minimum atomic E-state index is -0.853. The SMILES string of the molecule is NC(=O)c1nc(NCc2cccc(F)c2)nc(-c2ncn3c(C(N)=O)cccc23)n1. The lowest BCUT2D eigenvalue weighted by Crippen LogP contribution is -2.18. The fraction of sp³-hybridized carbons (Fsp3) is 0.0526. The maximum Gasteiger partial charge on any atom is 0.286 e. The minimum Gasteiger partial charge on any atom is -0.364 e. The Morgan fingerprint density at radius 3 is 2.57 bits per heavy atom. The molecule has 30 heavy (non-hydrogen) atoms. The van der Waals surface area contributed by atoms with E-state index in [-0.39, 0.29) is 35.7 Å². The maximum atomic E-state index is 13.4. The lowest BCUT2D eigenvalue weighted by Gasteiger charge is -2.08.